The highest BCUT2D eigenvalue weighted by Crippen LogP contribution is 2.65. The average molecular weight is 312 g/mol. The van der Waals surface area contributed by atoms with E-state index in [0.717, 1.165) is 19.3 Å². The van der Waals surface area contributed by atoms with Gasteiger partial charge in [-0.1, -0.05) is 31.1 Å². The molecule has 4 aliphatic carbocycles. The summed E-state index contributed by atoms with van der Waals surface area (Å²) in [7, 11) is 0. The van der Waals surface area contributed by atoms with Crippen molar-refractivity contribution in [3.8, 4) is 0 Å². The van der Waals surface area contributed by atoms with Crippen LogP contribution in [0.15, 0.2) is 23.3 Å². The minimum absolute atomic E-state index is 0.177. The lowest BCUT2D eigenvalue weighted by molar-refractivity contribution is -0.125. The van der Waals surface area contributed by atoms with Gasteiger partial charge in [0.15, 0.2) is 5.78 Å². The molecule has 2 saturated carbocycles. The second-order valence-electron chi connectivity index (χ2n) is 8.85. The highest BCUT2D eigenvalue weighted by molar-refractivity contribution is 5.91. The Hall–Kier alpha value is -1.18. The first-order valence-corrected chi connectivity index (χ1v) is 9.30. The number of allylic oxidation sites excluding steroid dienone is 4. The van der Waals surface area contributed by atoms with E-state index < -0.39 is 0 Å². The summed E-state index contributed by atoms with van der Waals surface area (Å²) in [5.74, 6) is 2.14. The van der Waals surface area contributed by atoms with Gasteiger partial charge in [0, 0.05) is 12.3 Å². The zero-order valence-corrected chi connectivity index (χ0v) is 14.7. The topological polar surface area (TPSA) is 34.1 Å². The van der Waals surface area contributed by atoms with E-state index in [-0.39, 0.29) is 16.7 Å². The lowest BCUT2D eigenvalue weighted by Crippen LogP contribution is -2.46. The van der Waals surface area contributed by atoms with Crippen molar-refractivity contribution < 1.29 is 9.59 Å². The summed E-state index contributed by atoms with van der Waals surface area (Å²) < 4.78 is 0. The summed E-state index contributed by atoms with van der Waals surface area (Å²) in [4.78, 5) is 24.0. The van der Waals surface area contributed by atoms with Gasteiger partial charge in [-0.25, -0.2) is 0 Å². The molecule has 2 fully saturated rings. The molecule has 0 saturated heterocycles. The van der Waals surface area contributed by atoms with E-state index in [1.54, 1.807) is 12.5 Å². The Morgan fingerprint density at radius 1 is 1.13 bits per heavy atom. The lowest BCUT2D eigenvalue weighted by atomic mass is 9.50. The first-order chi connectivity index (χ1) is 10.9. The molecule has 0 amide bonds. The summed E-state index contributed by atoms with van der Waals surface area (Å²) in [5, 5.41) is 0. The highest BCUT2D eigenvalue weighted by atomic mass is 16.1. The van der Waals surface area contributed by atoms with Crippen LogP contribution < -0.4 is 0 Å². The van der Waals surface area contributed by atoms with Crippen LogP contribution in [0.5, 0.6) is 0 Å². The number of carbonyl (C=O) groups is 2. The third kappa shape index (κ3) is 1.99. The van der Waals surface area contributed by atoms with Crippen LogP contribution in [0.4, 0.5) is 0 Å². The van der Waals surface area contributed by atoms with Gasteiger partial charge in [0.1, 0.15) is 5.78 Å². The number of ketones is 2. The number of hydrogen-bond donors (Lipinski definition) is 0. The van der Waals surface area contributed by atoms with Crippen molar-refractivity contribution in [2.24, 2.45) is 28.6 Å². The molecule has 0 heterocycles. The average Bonchev–Trinajstić information content (AvgIpc) is 2.85. The van der Waals surface area contributed by atoms with E-state index in [1.165, 1.54) is 24.8 Å². The van der Waals surface area contributed by atoms with Crippen LogP contribution in [-0.2, 0) is 9.59 Å². The molecule has 4 rings (SSSR count). The fourth-order valence-corrected chi connectivity index (χ4v) is 6.53. The Balaban J connectivity index is 1.73. The molecule has 0 bridgehead atoms. The van der Waals surface area contributed by atoms with Gasteiger partial charge in [0.25, 0.3) is 0 Å². The minimum atomic E-state index is 0.177. The van der Waals surface area contributed by atoms with E-state index in [4.69, 9.17) is 0 Å². The molecule has 0 N–H and O–H groups in total. The standard InChI is InChI=1S/C21H28O2/c1-13(22)17-6-7-18-16-5-4-14-12-15(23)8-10-20(14,2)19(16)9-11-21(17,18)3/h5,12,17-19H,4,6-11H2,1-3H3/t17-,18+,19+,20+,21-/m1/s1. The van der Waals surface area contributed by atoms with Gasteiger partial charge >= 0.3 is 0 Å². The van der Waals surface area contributed by atoms with E-state index >= 15 is 0 Å². The van der Waals surface area contributed by atoms with E-state index in [0.29, 0.717) is 29.8 Å². The molecule has 0 radical (unpaired) electrons. The number of hydrogen-bond acceptors (Lipinski definition) is 2. The molecule has 0 unspecified atom stereocenters. The molecule has 0 aliphatic heterocycles. The van der Waals surface area contributed by atoms with Gasteiger partial charge in [-0.2, -0.15) is 0 Å². The molecule has 124 valence electrons. The van der Waals surface area contributed by atoms with Crippen LogP contribution in [-0.4, -0.2) is 11.6 Å². The zero-order valence-electron chi connectivity index (χ0n) is 14.7. The smallest absolute Gasteiger partial charge is 0.155 e. The van der Waals surface area contributed by atoms with Crippen LogP contribution in [0.2, 0.25) is 0 Å². The molecule has 2 nitrogen and oxygen atoms in total. The van der Waals surface area contributed by atoms with Crippen molar-refractivity contribution in [2.45, 2.75) is 65.7 Å². The Labute approximate surface area is 139 Å². The second-order valence-corrected chi connectivity index (χ2v) is 8.85. The van der Waals surface area contributed by atoms with Gasteiger partial charge in [0.2, 0.25) is 0 Å². The minimum Gasteiger partial charge on any atom is -0.300 e. The molecule has 0 aromatic carbocycles. The fourth-order valence-electron chi connectivity index (χ4n) is 6.53. The number of rotatable bonds is 1. The van der Waals surface area contributed by atoms with Gasteiger partial charge in [0.05, 0.1) is 0 Å². The maximum absolute atomic E-state index is 12.1. The third-order valence-corrected chi connectivity index (χ3v) is 7.89. The van der Waals surface area contributed by atoms with Crippen LogP contribution in [0.1, 0.15) is 65.7 Å². The normalized spacial score (nSPS) is 45.5. The van der Waals surface area contributed by atoms with Gasteiger partial charge in [-0.3, -0.25) is 9.59 Å². The molecule has 4 aliphatic rings. The maximum Gasteiger partial charge on any atom is 0.155 e. The number of carbonyl (C=O) groups excluding carboxylic acids is 2. The summed E-state index contributed by atoms with van der Waals surface area (Å²) >= 11 is 0. The van der Waals surface area contributed by atoms with Crippen molar-refractivity contribution >= 4 is 11.6 Å². The van der Waals surface area contributed by atoms with Gasteiger partial charge in [-0.05, 0) is 74.2 Å². The summed E-state index contributed by atoms with van der Waals surface area (Å²) in [6, 6.07) is 0. The van der Waals surface area contributed by atoms with Crippen molar-refractivity contribution in [2.75, 3.05) is 0 Å². The Morgan fingerprint density at radius 3 is 2.65 bits per heavy atom. The molecule has 2 heteroatoms. The quantitative estimate of drug-likeness (QED) is 0.661. The van der Waals surface area contributed by atoms with Crippen molar-refractivity contribution in [1.29, 1.82) is 0 Å². The molecule has 0 aromatic rings. The third-order valence-electron chi connectivity index (χ3n) is 7.89. The van der Waals surface area contributed by atoms with E-state index in [2.05, 4.69) is 19.9 Å². The summed E-state index contributed by atoms with van der Waals surface area (Å²) in [5.41, 5.74) is 3.37. The van der Waals surface area contributed by atoms with Crippen LogP contribution in [0.3, 0.4) is 0 Å². The Bertz CT molecular complexity index is 640. The van der Waals surface area contributed by atoms with Gasteiger partial charge in [-0.15, -0.1) is 0 Å². The first-order valence-electron chi connectivity index (χ1n) is 9.30. The van der Waals surface area contributed by atoms with E-state index in [1.807, 2.05) is 6.08 Å². The molecule has 5 atom stereocenters. The number of Topliss-reactive ketones (excluding diaryl/α,β-unsaturated/α-hetero) is 1. The van der Waals surface area contributed by atoms with Gasteiger partial charge < -0.3 is 0 Å². The van der Waals surface area contributed by atoms with Crippen molar-refractivity contribution in [3.05, 3.63) is 23.3 Å². The number of fused-ring (bicyclic) bond motifs is 5. The largest absolute Gasteiger partial charge is 0.300 e. The van der Waals surface area contributed by atoms with E-state index in [9.17, 15) is 9.59 Å². The van der Waals surface area contributed by atoms with Crippen molar-refractivity contribution in [1.82, 2.24) is 0 Å². The fraction of sp³-hybridized carbons (Fsp3) is 0.714. The Morgan fingerprint density at radius 2 is 1.91 bits per heavy atom. The van der Waals surface area contributed by atoms with Crippen molar-refractivity contribution in [3.63, 3.8) is 0 Å². The van der Waals surface area contributed by atoms with Crippen LogP contribution in [0, 0.1) is 28.6 Å². The predicted octanol–water partition coefficient (Wildman–Crippen LogP) is 4.64. The monoisotopic (exact) mass is 312 g/mol. The molecular formula is C21H28O2. The first kappa shape index (κ1) is 15.4. The summed E-state index contributed by atoms with van der Waals surface area (Å²) in [6.07, 6.45) is 11.6. The molecular weight excluding hydrogens is 284 g/mol. The maximum atomic E-state index is 12.1. The predicted molar refractivity (Wildman–Crippen MR) is 90.9 cm³/mol. The lowest BCUT2D eigenvalue weighted by Gasteiger charge is -2.54. The summed E-state index contributed by atoms with van der Waals surface area (Å²) in [6.45, 7) is 6.55. The molecule has 23 heavy (non-hydrogen) atoms. The Kier molecular flexibility index (Phi) is 3.28. The SMILES string of the molecule is CC(=O)[C@H]1CC[C@H]2C3=CCC4=CC(=O)CC[C@]4(C)[C@H]3CC[C@]12C. The second kappa shape index (κ2) is 4.91. The molecule has 0 spiro atoms. The molecule has 0 aromatic heterocycles. The van der Waals surface area contributed by atoms with Crippen LogP contribution in [0.25, 0.3) is 0 Å². The zero-order chi connectivity index (χ0) is 16.4. The highest BCUT2D eigenvalue weighted by Gasteiger charge is 2.57. The van der Waals surface area contributed by atoms with Crippen LogP contribution >= 0.6 is 0 Å².